The summed E-state index contributed by atoms with van der Waals surface area (Å²) in [6.07, 6.45) is 3.37. The fourth-order valence-corrected chi connectivity index (χ4v) is 2.30. The first-order valence-electron chi connectivity index (χ1n) is 5.39. The normalized spacial score (nSPS) is 20.7. The van der Waals surface area contributed by atoms with Crippen molar-refractivity contribution in [3.8, 4) is 0 Å². The second-order valence-corrected chi connectivity index (χ2v) is 4.45. The maximum absolute atomic E-state index is 12.8. The fraction of sp³-hybridized carbons (Fsp3) is 0.500. The molecule has 0 amide bonds. The summed E-state index contributed by atoms with van der Waals surface area (Å²) in [7, 11) is 0. The highest BCUT2D eigenvalue weighted by molar-refractivity contribution is 5.23. The molecule has 0 aromatic heterocycles. The maximum atomic E-state index is 12.8. The van der Waals surface area contributed by atoms with Crippen molar-refractivity contribution in [2.24, 2.45) is 16.9 Å². The van der Waals surface area contributed by atoms with Crippen LogP contribution in [0.2, 0.25) is 0 Å². The van der Waals surface area contributed by atoms with Gasteiger partial charge in [-0.05, 0) is 37.1 Å². The average molecular weight is 208 g/mol. The molecule has 1 aromatic rings. The Kier molecular flexibility index (Phi) is 2.76. The van der Waals surface area contributed by atoms with Gasteiger partial charge >= 0.3 is 0 Å². The largest absolute Gasteiger partial charge is 0.330 e. The molecular weight excluding hydrogens is 191 g/mol. The molecule has 0 saturated heterocycles. The van der Waals surface area contributed by atoms with E-state index in [1.807, 2.05) is 0 Å². The predicted molar refractivity (Wildman–Crippen MR) is 58.7 cm³/mol. The molecule has 3 heteroatoms. The van der Waals surface area contributed by atoms with Crippen LogP contribution in [0, 0.1) is 11.2 Å². The molecule has 2 nitrogen and oxygen atoms in total. The van der Waals surface area contributed by atoms with Gasteiger partial charge in [-0.15, -0.1) is 0 Å². The van der Waals surface area contributed by atoms with Gasteiger partial charge in [-0.3, -0.25) is 0 Å². The first kappa shape index (κ1) is 10.6. The molecule has 1 aromatic carbocycles. The zero-order valence-corrected chi connectivity index (χ0v) is 8.75. The molecule has 1 atom stereocenters. The zero-order chi connectivity index (χ0) is 10.9. The number of hydrogen-bond acceptors (Lipinski definition) is 2. The van der Waals surface area contributed by atoms with Gasteiger partial charge in [-0.2, -0.15) is 0 Å². The van der Waals surface area contributed by atoms with Gasteiger partial charge in [0.25, 0.3) is 0 Å². The summed E-state index contributed by atoms with van der Waals surface area (Å²) in [5.41, 5.74) is 13.0. The molecule has 0 radical (unpaired) electrons. The summed E-state index contributed by atoms with van der Waals surface area (Å²) in [6, 6.07) is 6.37. The molecule has 0 aliphatic heterocycles. The van der Waals surface area contributed by atoms with E-state index >= 15 is 0 Å². The number of rotatable bonds is 3. The highest BCUT2D eigenvalue weighted by atomic mass is 19.1. The third-order valence-corrected chi connectivity index (χ3v) is 3.64. The van der Waals surface area contributed by atoms with Crippen molar-refractivity contribution < 1.29 is 4.39 Å². The van der Waals surface area contributed by atoms with Gasteiger partial charge in [0.15, 0.2) is 0 Å². The molecule has 1 aliphatic carbocycles. The van der Waals surface area contributed by atoms with Crippen molar-refractivity contribution in [1.29, 1.82) is 0 Å². The molecule has 0 heterocycles. The highest BCUT2D eigenvalue weighted by Crippen LogP contribution is 2.48. The van der Waals surface area contributed by atoms with Crippen LogP contribution in [-0.2, 0) is 0 Å². The number of halogens is 1. The highest BCUT2D eigenvalue weighted by Gasteiger charge is 2.41. The maximum Gasteiger partial charge on any atom is 0.123 e. The van der Waals surface area contributed by atoms with Crippen LogP contribution in [0.1, 0.15) is 30.9 Å². The lowest BCUT2D eigenvalue weighted by Gasteiger charge is -2.45. The van der Waals surface area contributed by atoms with Gasteiger partial charge in [-0.25, -0.2) is 4.39 Å². The van der Waals surface area contributed by atoms with Gasteiger partial charge in [0.2, 0.25) is 0 Å². The van der Waals surface area contributed by atoms with Crippen LogP contribution < -0.4 is 11.5 Å². The van der Waals surface area contributed by atoms with Crippen LogP contribution in [-0.4, -0.2) is 6.54 Å². The molecule has 0 spiro atoms. The smallest absolute Gasteiger partial charge is 0.123 e. The summed E-state index contributed by atoms with van der Waals surface area (Å²) >= 11 is 0. The average Bonchev–Trinajstić information content (AvgIpc) is 2.18. The van der Waals surface area contributed by atoms with Crippen LogP contribution >= 0.6 is 0 Å². The van der Waals surface area contributed by atoms with E-state index < -0.39 is 0 Å². The van der Waals surface area contributed by atoms with Gasteiger partial charge in [0.05, 0.1) is 0 Å². The van der Waals surface area contributed by atoms with Gasteiger partial charge < -0.3 is 11.5 Å². The first-order valence-corrected chi connectivity index (χ1v) is 5.39. The SMILES string of the molecule is NCC1(C(N)c2ccc(F)cc2)CCC1. The Labute approximate surface area is 89.5 Å². The summed E-state index contributed by atoms with van der Waals surface area (Å²) < 4.78 is 12.8. The van der Waals surface area contributed by atoms with Crippen LogP contribution in [0.25, 0.3) is 0 Å². The minimum absolute atomic E-state index is 0.0534. The van der Waals surface area contributed by atoms with Gasteiger partial charge in [0.1, 0.15) is 5.82 Å². The molecular formula is C12H17FN2. The Morgan fingerprint density at radius 1 is 1.27 bits per heavy atom. The van der Waals surface area contributed by atoms with Crippen molar-refractivity contribution in [1.82, 2.24) is 0 Å². The summed E-state index contributed by atoms with van der Waals surface area (Å²) in [5, 5.41) is 0. The van der Waals surface area contributed by atoms with E-state index in [-0.39, 0.29) is 17.3 Å². The van der Waals surface area contributed by atoms with E-state index in [1.54, 1.807) is 12.1 Å². The van der Waals surface area contributed by atoms with Crippen molar-refractivity contribution in [2.75, 3.05) is 6.54 Å². The lowest BCUT2D eigenvalue weighted by atomic mass is 9.63. The third-order valence-electron chi connectivity index (χ3n) is 3.64. The summed E-state index contributed by atoms with van der Waals surface area (Å²) in [6.45, 7) is 0.617. The van der Waals surface area contributed by atoms with Crippen molar-refractivity contribution in [2.45, 2.75) is 25.3 Å². The molecule has 4 N–H and O–H groups in total. The molecule has 15 heavy (non-hydrogen) atoms. The Morgan fingerprint density at radius 2 is 1.87 bits per heavy atom. The number of hydrogen-bond donors (Lipinski definition) is 2. The minimum Gasteiger partial charge on any atom is -0.330 e. The predicted octanol–water partition coefficient (Wildman–Crippen LogP) is 1.95. The van der Waals surface area contributed by atoms with Crippen molar-refractivity contribution in [3.05, 3.63) is 35.6 Å². The molecule has 1 fully saturated rings. The van der Waals surface area contributed by atoms with Crippen LogP contribution in [0.4, 0.5) is 4.39 Å². The molecule has 1 saturated carbocycles. The lowest BCUT2D eigenvalue weighted by Crippen LogP contribution is -2.46. The Hall–Kier alpha value is -0.930. The van der Waals surface area contributed by atoms with E-state index in [0.717, 1.165) is 18.4 Å². The first-order chi connectivity index (χ1) is 7.18. The standard InChI is InChI=1S/C12H17FN2/c13-10-4-2-9(3-5-10)11(15)12(8-14)6-1-7-12/h2-5,11H,1,6-8,14-15H2. The fourth-order valence-electron chi connectivity index (χ4n) is 2.30. The lowest BCUT2D eigenvalue weighted by molar-refractivity contribution is 0.104. The van der Waals surface area contributed by atoms with Crippen LogP contribution in [0.15, 0.2) is 24.3 Å². The van der Waals surface area contributed by atoms with E-state index in [0.29, 0.717) is 6.54 Å². The minimum atomic E-state index is -0.221. The van der Waals surface area contributed by atoms with Gasteiger partial charge in [0, 0.05) is 11.5 Å². The van der Waals surface area contributed by atoms with Crippen LogP contribution in [0.3, 0.4) is 0 Å². The van der Waals surface area contributed by atoms with Crippen LogP contribution in [0.5, 0.6) is 0 Å². The molecule has 2 rings (SSSR count). The quantitative estimate of drug-likeness (QED) is 0.797. The third kappa shape index (κ3) is 1.77. The molecule has 1 unspecified atom stereocenters. The van der Waals surface area contributed by atoms with Crippen molar-refractivity contribution >= 4 is 0 Å². The summed E-state index contributed by atoms with van der Waals surface area (Å²) in [4.78, 5) is 0. The van der Waals surface area contributed by atoms with Crippen molar-refractivity contribution in [3.63, 3.8) is 0 Å². The van der Waals surface area contributed by atoms with Gasteiger partial charge in [-0.1, -0.05) is 18.6 Å². The second kappa shape index (κ2) is 3.91. The van der Waals surface area contributed by atoms with E-state index in [9.17, 15) is 4.39 Å². The monoisotopic (exact) mass is 208 g/mol. The van der Waals surface area contributed by atoms with E-state index in [1.165, 1.54) is 18.6 Å². The second-order valence-electron chi connectivity index (χ2n) is 4.45. The Bertz CT molecular complexity index is 324. The number of benzene rings is 1. The topological polar surface area (TPSA) is 52.0 Å². The van der Waals surface area contributed by atoms with E-state index in [2.05, 4.69) is 0 Å². The molecule has 82 valence electrons. The number of nitrogens with two attached hydrogens (primary N) is 2. The Balaban J connectivity index is 2.19. The van der Waals surface area contributed by atoms with E-state index in [4.69, 9.17) is 11.5 Å². The summed E-state index contributed by atoms with van der Waals surface area (Å²) in [5.74, 6) is -0.221. The molecule has 0 bridgehead atoms. The zero-order valence-electron chi connectivity index (χ0n) is 8.75. The Morgan fingerprint density at radius 3 is 2.27 bits per heavy atom. The molecule has 1 aliphatic rings.